The number of nitrogen functional groups attached to an aromatic ring is 1. The molecule has 0 radical (unpaired) electrons. The van der Waals surface area contributed by atoms with Crippen LogP contribution in [0.2, 0.25) is 0 Å². The van der Waals surface area contributed by atoms with Crippen LogP contribution in [0, 0.1) is 0 Å². The monoisotopic (exact) mass is 211 g/mol. The fourth-order valence-corrected chi connectivity index (χ4v) is 0.929. The highest BCUT2D eigenvalue weighted by Crippen LogP contribution is 2.22. The standard InChI is InChI=1S/C9H9NO5/c10-6-3-5(9(13)14)1-2-7(6)15-8(12)4-11/h1-3,11H,4,10H2,(H,13,14). The quantitative estimate of drug-likeness (QED) is 0.365. The van der Waals surface area contributed by atoms with Crippen LogP contribution in [-0.2, 0) is 4.79 Å². The number of ether oxygens (including phenoxy) is 1. The topological polar surface area (TPSA) is 110 Å². The van der Waals surface area contributed by atoms with Gasteiger partial charge in [0.05, 0.1) is 11.3 Å². The number of carboxylic acid groups (broad SMARTS) is 1. The molecule has 0 fully saturated rings. The van der Waals surface area contributed by atoms with Crippen LogP contribution >= 0.6 is 0 Å². The van der Waals surface area contributed by atoms with E-state index in [2.05, 4.69) is 4.74 Å². The van der Waals surface area contributed by atoms with Gasteiger partial charge in [-0.05, 0) is 18.2 Å². The van der Waals surface area contributed by atoms with E-state index in [1.807, 2.05) is 0 Å². The number of aromatic carboxylic acids is 1. The van der Waals surface area contributed by atoms with E-state index in [9.17, 15) is 9.59 Å². The fraction of sp³-hybridized carbons (Fsp3) is 0.111. The van der Waals surface area contributed by atoms with Gasteiger partial charge in [-0.1, -0.05) is 0 Å². The summed E-state index contributed by atoms with van der Waals surface area (Å²) in [6, 6.07) is 3.67. The number of nitrogens with two attached hydrogens (primary N) is 1. The maximum atomic E-state index is 10.7. The minimum atomic E-state index is -1.12. The molecule has 0 aliphatic carbocycles. The summed E-state index contributed by atoms with van der Waals surface area (Å²) in [5, 5.41) is 17.0. The Morgan fingerprint density at radius 3 is 2.53 bits per heavy atom. The van der Waals surface area contributed by atoms with E-state index in [-0.39, 0.29) is 17.0 Å². The Hall–Kier alpha value is -2.08. The molecule has 0 atom stereocenters. The second-order valence-electron chi connectivity index (χ2n) is 2.69. The average molecular weight is 211 g/mol. The number of carbonyl (C=O) groups excluding carboxylic acids is 1. The SMILES string of the molecule is Nc1cc(C(=O)O)ccc1OC(=O)CO. The zero-order valence-electron chi connectivity index (χ0n) is 7.64. The molecule has 4 N–H and O–H groups in total. The van der Waals surface area contributed by atoms with Gasteiger partial charge in [0.1, 0.15) is 6.61 Å². The third-order valence-electron chi connectivity index (χ3n) is 1.61. The third kappa shape index (κ3) is 2.68. The highest BCUT2D eigenvalue weighted by Gasteiger charge is 2.09. The molecule has 0 bridgehead atoms. The maximum absolute atomic E-state index is 10.7. The minimum absolute atomic E-state index is 0.00343. The predicted molar refractivity (Wildman–Crippen MR) is 50.5 cm³/mol. The van der Waals surface area contributed by atoms with E-state index < -0.39 is 18.5 Å². The van der Waals surface area contributed by atoms with Gasteiger partial charge in [0, 0.05) is 0 Å². The van der Waals surface area contributed by atoms with Crippen molar-refractivity contribution in [2.75, 3.05) is 12.3 Å². The van der Waals surface area contributed by atoms with E-state index in [0.29, 0.717) is 0 Å². The number of benzene rings is 1. The largest absolute Gasteiger partial charge is 0.478 e. The first-order chi connectivity index (χ1) is 7.04. The number of esters is 1. The van der Waals surface area contributed by atoms with E-state index >= 15 is 0 Å². The first kappa shape index (κ1) is 11.0. The summed E-state index contributed by atoms with van der Waals surface area (Å²) < 4.78 is 4.62. The lowest BCUT2D eigenvalue weighted by Crippen LogP contribution is -2.13. The molecule has 1 aromatic carbocycles. The Labute approximate surface area is 84.9 Å². The highest BCUT2D eigenvalue weighted by atomic mass is 16.5. The van der Waals surface area contributed by atoms with Gasteiger partial charge in [0.25, 0.3) is 0 Å². The van der Waals surface area contributed by atoms with Crippen LogP contribution in [0.5, 0.6) is 5.75 Å². The van der Waals surface area contributed by atoms with Crippen LogP contribution in [0.4, 0.5) is 5.69 Å². The van der Waals surface area contributed by atoms with Crippen molar-refractivity contribution >= 4 is 17.6 Å². The van der Waals surface area contributed by atoms with Crippen LogP contribution in [0.3, 0.4) is 0 Å². The van der Waals surface area contributed by atoms with Crippen molar-refractivity contribution in [1.82, 2.24) is 0 Å². The van der Waals surface area contributed by atoms with E-state index in [0.717, 1.165) is 0 Å². The Kier molecular flexibility index (Phi) is 3.25. The van der Waals surface area contributed by atoms with Crippen molar-refractivity contribution in [1.29, 1.82) is 0 Å². The molecule has 1 rings (SSSR count). The molecule has 0 spiro atoms. The van der Waals surface area contributed by atoms with Gasteiger partial charge in [0.2, 0.25) is 0 Å². The Morgan fingerprint density at radius 1 is 1.40 bits per heavy atom. The van der Waals surface area contributed by atoms with Crippen molar-refractivity contribution < 1.29 is 24.5 Å². The Bertz CT molecular complexity index is 401. The van der Waals surface area contributed by atoms with Crippen molar-refractivity contribution in [3.8, 4) is 5.75 Å². The summed E-state index contributed by atoms with van der Waals surface area (Å²) >= 11 is 0. The molecule has 0 saturated carbocycles. The highest BCUT2D eigenvalue weighted by molar-refractivity contribution is 5.89. The van der Waals surface area contributed by atoms with Gasteiger partial charge in [-0.15, -0.1) is 0 Å². The molecular weight excluding hydrogens is 202 g/mol. The van der Waals surface area contributed by atoms with E-state index in [1.165, 1.54) is 18.2 Å². The zero-order valence-corrected chi connectivity index (χ0v) is 7.64. The van der Waals surface area contributed by atoms with Crippen molar-refractivity contribution in [2.45, 2.75) is 0 Å². The molecule has 0 aliphatic rings. The van der Waals surface area contributed by atoms with Crippen LogP contribution in [-0.4, -0.2) is 28.8 Å². The summed E-state index contributed by atoms with van der Waals surface area (Å²) in [6.45, 7) is -0.764. The smallest absolute Gasteiger partial charge is 0.337 e. The Morgan fingerprint density at radius 2 is 2.07 bits per heavy atom. The molecule has 0 aromatic heterocycles. The van der Waals surface area contributed by atoms with Crippen LogP contribution in [0.1, 0.15) is 10.4 Å². The minimum Gasteiger partial charge on any atom is -0.478 e. The molecular formula is C9H9NO5. The summed E-state index contributed by atoms with van der Waals surface area (Å²) in [5.41, 5.74) is 5.46. The number of aliphatic hydroxyl groups is 1. The lowest BCUT2D eigenvalue weighted by molar-refractivity contribution is -0.137. The number of rotatable bonds is 3. The average Bonchev–Trinajstić information content (AvgIpc) is 2.20. The van der Waals surface area contributed by atoms with Crippen LogP contribution < -0.4 is 10.5 Å². The fourth-order valence-electron chi connectivity index (χ4n) is 0.929. The molecule has 0 aliphatic heterocycles. The normalized spacial score (nSPS) is 9.67. The molecule has 1 aromatic rings. The van der Waals surface area contributed by atoms with Crippen molar-refractivity contribution in [3.05, 3.63) is 23.8 Å². The molecule has 6 heteroatoms. The van der Waals surface area contributed by atoms with Crippen molar-refractivity contribution in [3.63, 3.8) is 0 Å². The molecule has 0 saturated heterocycles. The van der Waals surface area contributed by atoms with Gasteiger partial charge in [0.15, 0.2) is 5.75 Å². The number of hydrogen-bond acceptors (Lipinski definition) is 5. The summed E-state index contributed by atoms with van der Waals surface area (Å²) in [7, 11) is 0. The van der Waals surface area contributed by atoms with Gasteiger partial charge in [-0.2, -0.15) is 0 Å². The first-order valence-corrected chi connectivity index (χ1v) is 3.99. The van der Waals surface area contributed by atoms with Crippen molar-refractivity contribution in [2.24, 2.45) is 0 Å². The summed E-state index contributed by atoms with van der Waals surface area (Å²) in [5.74, 6) is -1.95. The predicted octanol–water partition coefficient (Wildman–Crippen LogP) is -0.135. The van der Waals surface area contributed by atoms with Gasteiger partial charge in [-0.25, -0.2) is 9.59 Å². The van der Waals surface area contributed by atoms with E-state index in [4.69, 9.17) is 15.9 Å². The second kappa shape index (κ2) is 4.43. The van der Waals surface area contributed by atoms with Crippen LogP contribution in [0.25, 0.3) is 0 Å². The lowest BCUT2D eigenvalue weighted by Gasteiger charge is -2.06. The number of anilines is 1. The Balaban J connectivity index is 2.93. The molecule has 0 heterocycles. The molecule has 0 unspecified atom stereocenters. The second-order valence-corrected chi connectivity index (χ2v) is 2.69. The number of aliphatic hydroxyl groups excluding tert-OH is 1. The maximum Gasteiger partial charge on any atom is 0.337 e. The van der Waals surface area contributed by atoms with Gasteiger partial charge < -0.3 is 20.7 Å². The zero-order chi connectivity index (χ0) is 11.4. The van der Waals surface area contributed by atoms with Crippen LogP contribution in [0.15, 0.2) is 18.2 Å². The molecule has 6 nitrogen and oxygen atoms in total. The van der Waals surface area contributed by atoms with E-state index in [1.54, 1.807) is 0 Å². The van der Waals surface area contributed by atoms with Gasteiger partial charge in [-0.3, -0.25) is 0 Å². The first-order valence-electron chi connectivity index (χ1n) is 3.99. The molecule has 15 heavy (non-hydrogen) atoms. The third-order valence-corrected chi connectivity index (χ3v) is 1.61. The summed E-state index contributed by atoms with van der Waals surface area (Å²) in [4.78, 5) is 21.2. The van der Waals surface area contributed by atoms with Gasteiger partial charge >= 0.3 is 11.9 Å². The number of carbonyl (C=O) groups is 2. The summed E-state index contributed by atoms with van der Waals surface area (Å²) in [6.07, 6.45) is 0. The number of hydrogen-bond donors (Lipinski definition) is 3. The molecule has 80 valence electrons. The molecule has 0 amide bonds. The number of carboxylic acids is 1. The lowest BCUT2D eigenvalue weighted by atomic mass is 10.2.